The van der Waals surface area contributed by atoms with Crippen LogP contribution in [-0.2, 0) is 4.79 Å². The highest BCUT2D eigenvalue weighted by Gasteiger charge is 2.21. The zero-order valence-electron chi connectivity index (χ0n) is 10.4. The highest BCUT2D eigenvalue weighted by Crippen LogP contribution is 2.26. The highest BCUT2D eigenvalue weighted by atomic mass is 79.9. The number of carbonyl (C=O) groups is 1. The minimum absolute atomic E-state index is 0.0518. The average molecular weight is 313 g/mol. The van der Waals surface area contributed by atoms with Crippen molar-refractivity contribution in [2.45, 2.75) is 19.8 Å². The first-order chi connectivity index (χ1) is 8.66. The van der Waals surface area contributed by atoms with Crippen LogP contribution in [0.4, 0.5) is 5.82 Å². The minimum atomic E-state index is 0.0518. The molecule has 98 valence electrons. The van der Waals surface area contributed by atoms with Gasteiger partial charge in [0.05, 0.1) is 4.47 Å². The van der Waals surface area contributed by atoms with Crippen molar-refractivity contribution >= 4 is 27.7 Å². The molecule has 0 bridgehead atoms. The molecule has 1 N–H and O–H groups in total. The summed E-state index contributed by atoms with van der Waals surface area (Å²) in [4.78, 5) is 21.4. The predicted octanol–water partition coefficient (Wildman–Crippen LogP) is 1.59. The van der Waals surface area contributed by atoms with Crippen molar-refractivity contribution in [1.82, 2.24) is 15.3 Å². The monoisotopic (exact) mass is 312 g/mol. The first-order valence-corrected chi connectivity index (χ1v) is 6.91. The molecule has 0 aromatic carbocycles. The third-order valence-electron chi connectivity index (χ3n) is 3.20. The van der Waals surface area contributed by atoms with Crippen LogP contribution in [0.1, 0.15) is 19.8 Å². The van der Waals surface area contributed by atoms with E-state index in [0.29, 0.717) is 5.92 Å². The Bertz CT molecular complexity index is 418. The first kappa shape index (κ1) is 13.3. The Morgan fingerprint density at radius 1 is 1.56 bits per heavy atom. The second-order valence-corrected chi connectivity index (χ2v) is 5.42. The second kappa shape index (κ2) is 6.13. The van der Waals surface area contributed by atoms with E-state index in [-0.39, 0.29) is 5.91 Å². The average Bonchev–Trinajstić information content (AvgIpc) is 2.38. The molecule has 5 nitrogen and oxygen atoms in total. The van der Waals surface area contributed by atoms with Crippen LogP contribution in [0.25, 0.3) is 0 Å². The molecule has 2 heterocycles. The number of amides is 1. The minimum Gasteiger partial charge on any atom is -0.356 e. The summed E-state index contributed by atoms with van der Waals surface area (Å²) in [6.45, 7) is 4.29. The molecule has 0 aliphatic carbocycles. The summed E-state index contributed by atoms with van der Waals surface area (Å²) >= 11 is 3.47. The molecule has 0 atom stereocenters. The van der Waals surface area contributed by atoms with Gasteiger partial charge < -0.3 is 10.2 Å². The van der Waals surface area contributed by atoms with E-state index >= 15 is 0 Å². The standard InChI is InChI=1S/C12H17BrN4O/c1-9(18)15-6-10-2-4-17(5-3-10)12-11(13)7-14-8-16-12/h7-8,10H,2-6H2,1H3,(H,15,18). The summed E-state index contributed by atoms with van der Waals surface area (Å²) in [7, 11) is 0. The largest absolute Gasteiger partial charge is 0.356 e. The van der Waals surface area contributed by atoms with Crippen LogP contribution in [-0.4, -0.2) is 35.5 Å². The number of rotatable bonds is 3. The van der Waals surface area contributed by atoms with E-state index in [4.69, 9.17) is 0 Å². The number of carbonyl (C=O) groups excluding carboxylic acids is 1. The number of halogens is 1. The fourth-order valence-electron chi connectivity index (χ4n) is 2.18. The lowest BCUT2D eigenvalue weighted by Crippen LogP contribution is -2.38. The zero-order valence-corrected chi connectivity index (χ0v) is 12.0. The van der Waals surface area contributed by atoms with Gasteiger partial charge >= 0.3 is 0 Å². The second-order valence-electron chi connectivity index (χ2n) is 4.56. The van der Waals surface area contributed by atoms with Gasteiger partial charge in [-0.2, -0.15) is 0 Å². The molecule has 6 heteroatoms. The molecule has 0 unspecified atom stereocenters. The maximum Gasteiger partial charge on any atom is 0.216 e. The van der Waals surface area contributed by atoms with Crippen LogP contribution in [0.5, 0.6) is 0 Å². The Morgan fingerprint density at radius 3 is 2.89 bits per heavy atom. The lowest BCUT2D eigenvalue weighted by molar-refractivity contribution is -0.119. The summed E-state index contributed by atoms with van der Waals surface area (Å²) in [5.41, 5.74) is 0. The van der Waals surface area contributed by atoms with Gasteiger partial charge in [0.1, 0.15) is 12.1 Å². The van der Waals surface area contributed by atoms with Gasteiger partial charge in [0.2, 0.25) is 5.91 Å². The number of hydrogen-bond acceptors (Lipinski definition) is 4. The first-order valence-electron chi connectivity index (χ1n) is 6.11. The molecule has 1 aromatic heterocycles. The molecule has 1 saturated heterocycles. The van der Waals surface area contributed by atoms with Crippen molar-refractivity contribution < 1.29 is 4.79 Å². The van der Waals surface area contributed by atoms with Crippen molar-refractivity contribution in [1.29, 1.82) is 0 Å². The van der Waals surface area contributed by atoms with Gasteiger partial charge in [-0.05, 0) is 34.7 Å². The van der Waals surface area contributed by atoms with Crippen LogP contribution >= 0.6 is 15.9 Å². The molecule has 0 spiro atoms. The SMILES string of the molecule is CC(=O)NCC1CCN(c2ncncc2Br)CC1. The van der Waals surface area contributed by atoms with Crippen LogP contribution in [0.15, 0.2) is 17.0 Å². The normalized spacial score (nSPS) is 16.7. The molecule has 1 aliphatic heterocycles. The van der Waals surface area contributed by atoms with Gasteiger partial charge in [-0.15, -0.1) is 0 Å². The third kappa shape index (κ3) is 3.41. The summed E-state index contributed by atoms with van der Waals surface area (Å²) < 4.78 is 0.935. The number of piperidine rings is 1. The van der Waals surface area contributed by atoms with Gasteiger partial charge in [0, 0.05) is 32.8 Å². The zero-order chi connectivity index (χ0) is 13.0. The van der Waals surface area contributed by atoms with E-state index in [2.05, 4.69) is 36.1 Å². The molecule has 1 aliphatic rings. The molecule has 1 amide bonds. The Morgan fingerprint density at radius 2 is 2.28 bits per heavy atom. The Hall–Kier alpha value is -1.17. The summed E-state index contributed by atoms with van der Waals surface area (Å²) in [5.74, 6) is 1.59. The van der Waals surface area contributed by atoms with E-state index in [9.17, 15) is 4.79 Å². The van der Waals surface area contributed by atoms with Crippen molar-refractivity contribution in [3.8, 4) is 0 Å². The maximum atomic E-state index is 10.9. The summed E-state index contributed by atoms with van der Waals surface area (Å²) in [5, 5.41) is 2.89. The van der Waals surface area contributed by atoms with E-state index < -0.39 is 0 Å². The molecule has 1 fully saturated rings. The quantitative estimate of drug-likeness (QED) is 0.921. The summed E-state index contributed by atoms with van der Waals surface area (Å²) in [6.07, 6.45) is 5.50. The van der Waals surface area contributed by atoms with E-state index in [1.165, 1.54) is 0 Å². The fourth-order valence-corrected chi connectivity index (χ4v) is 2.65. The molecule has 1 aromatic rings. The van der Waals surface area contributed by atoms with Crippen molar-refractivity contribution in [3.05, 3.63) is 17.0 Å². The van der Waals surface area contributed by atoms with Crippen molar-refractivity contribution in [3.63, 3.8) is 0 Å². The Labute approximate surface area is 115 Å². The van der Waals surface area contributed by atoms with E-state index in [0.717, 1.165) is 42.8 Å². The summed E-state index contributed by atoms with van der Waals surface area (Å²) in [6, 6.07) is 0. The van der Waals surface area contributed by atoms with Gasteiger partial charge in [-0.1, -0.05) is 0 Å². The molecule has 0 saturated carbocycles. The highest BCUT2D eigenvalue weighted by molar-refractivity contribution is 9.10. The van der Waals surface area contributed by atoms with Crippen LogP contribution in [0.2, 0.25) is 0 Å². The van der Waals surface area contributed by atoms with Gasteiger partial charge in [-0.25, -0.2) is 9.97 Å². The molecular weight excluding hydrogens is 296 g/mol. The number of aromatic nitrogens is 2. The Kier molecular flexibility index (Phi) is 4.52. The maximum absolute atomic E-state index is 10.9. The lowest BCUT2D eigenvalue weighted by atomic mass is 9.97. The number of anilines is 1. The van der Waals surface area contributed by atoms with Crippen LogP contribution in [0, 0.1) is 5.92 Å². The lowest BCUT2D eigenvalue weighted by Gasteiger charge is -2.33. The van der Waals surface area contributed by atoms with Gasteiger partial charge in [0.25, 0.3) is 0 Å². The smallest absolute Gasteiger partial charge is 0.216 e. The molecule has 18 heavy (non-hydrogen) atoms. The van der Waals surface area contributed by atoms with Crippen LogP contribution in [0.3, 0.4) is 0 Å². The van der Waals surface area contributed by atoms with Crippen LogP contribution < -0.4 is 10.2 Å². The van der Waals surface area contributed by atoms with Crippen molar-refractivity contribution in [2.24, 2.45) is 5.92 Å². The van der Waals surface area contributed by atoms with E-state index in [1.807, 2.05) is 0 Å². The van der Waals surface area contributed by atoms with E-state index in [1.54, 1.807) is 19.4 Å². The van der Waals surface area contributed by atoms with Gasteiger partial charge in [-0.3, -0.25) is 4.79 Å². The molecular formula is C12H17BrN4O. The number of nitrogens with one attached hydrogen (secondary N) is 1. The predicted molar refractivity (Wildman–Crippen MR) is 73.4 cm³/mol. The number of nitrogens with zero attached hydrogens (tertiary/aromatic N) is 3. The number of hydrogen-bond donors (Lipinski definition) is 1. The van der Waals surface area contributed by atoms with Crippen molar-refractivity contribution in [2.75, 3.05) is 24.5 Å². The Balaban J connectivity index is 1.87. The molecule has 0 radical (unpaired) electrons. The van der Waals surface area contributed by atoms with Gasteiger partial charge in [0.15, 0.2) is 0 Å². The topological polar surface area (TPSA) is 58.1 Å². The fraction of sp³-hybridized carbons (Fsp3) is 0.583. The molecule has 2 rings (SSSR count). The third-order valence-corrected chi connectivity index (χ3v) is 3.76.